The number of rotatable bonds is 0. The van der Waals surface area contributed by atoms with Crippen molar-refractivity contribution in [2.45, 2.75) is 0 Å². The summed E-state index contributed by atoms with van der Waals surface area (Å²) < 4.78 is 8.55. The molecule has 0 saturated heterocycles. The van der Waals surface area contributed by atoms with E-state index in [-0.39, 0.29) is 29.4 Å². The van der Waals surface area contributed by atoms with Crippen LogP contribution in [0.25, 0.3) is 0 Å². The summed E-state index contributed by atoms with van der Waals surface area (Å²) >= 11 is 0. The quantitative estimate of drug-likeness (QED) is 0.372. The predicted octanol–water partition coefficient (Wildman–Crippen LogP) is -8.82. The first-order valence-corrected chi connectivity index (χ1v) is 2.19. The number of hydrogen-bond donors (Lipinski definition) is 0. The molecule has 0 rings (SSSR count). The molecule has 0 N–H and O–H groups in total. The summed E-state index contributed by atoms with van der Waals surface area (Å²) in [5.74, 6) is 0. The van der Waals surface area contributed by atoms with Crippen molar-refractivity contribution in [2.24, 2.45) is 0 Å². The van der Waals surface area contributed by atoms with Gasteiger partial charge in [-0.25, -0.2) is 0 Å². The third-order valence-corrected chi connectivity index (χ3v) is 0. The lowest BCUT2D eigenvalue weighted by Gasteiger charge is -2.36. The first-order valence-electron chi connectivity index (χ1n) is 0.730. The van der Waals surface area contributed by atoms with E-state index in [1.807, 2.05) is 0 Å². The summed E-state index contributed by atoms with van der Waals surface area (Å²) in [6, 6.07) is 0. The van der Waals surface area contributed by atoms with E-state index in [9.17, 15) is 0 Å². The van der Waals surface area contributed by atoms with Gasteiger partial charge >= 0.3 is 0 Å². The van der Waals surface area contributed by atoms with Crippen molar-refractivity contribution in [1.82, 2.24) is 0 Å². The van der Waals surface area contributed by atoms with Crippen LogP contribution in [0.1, 0.15) is 0 Å². The standard InChI is InChI=1S/BrH.ClH.H3O4P/c;;1-5(2,3)4/h2*1H;(H3,1,2,3,4)/p-5. The van der Waals surface area contributed by atoms with Crippen LogP contribution in [-0.4, -0.2) is 0 Å². The number of phosphoric acid groups is 1. The molecule has 4 nitrogen and oxygen atoms in total. The van der Waals surface area contributed by atoms with Crippen LogP contribution < -0.4 is 44.1 Å². The van der Waals surface area contributed by atoms with Crippen molar-refractivity contribution in [3.8, 4) is 0 Å². The van der Waals surface area contributed by atoms with Crippen molar-refractivity contribution in [1.29, 1.82) is 0 Å². The van der Waals surface area contributed by atoms with Crippen molar-refractivity contribution < 1.29 is 48.6 Å². The average molecular weight is 210 g/mol. The molecule has 0 aliphatic heterocycles. The van der Waals surface area contributed by atoms with Crippen molar-refractivity contribution in [2.75, 3.05) is 0 Å². The molecular formula is BrClO4P-5. The Morgan fingerprint density at radius 2 is 1.14 bits per heavy atom. The molecule has 0 radical (unpaired) electrons. The van der Waals surface area contributed by atoms with Crippen molar-refractivity contribution in [3.05, 3.63) is 0 Å². The molecular weight excluding hydrogens is 210 g/mol. The Bertz CT molecular complexity index is 57.8. The maximum absolute atomic E-state index is 8.55. The molecule has 0 bridgehead atoms. The molecule has 48 valence electrons. The Morgan fingerprint density at radius 1 is 1.14 bits per heavy atom. The Labute approximate surface area is 57.0 Å². The fourth-order valence-electron chi connectivity index (χ4n) is 0. The van der Waals surface area contributed by atoms with Gasteiger partial charge in [-0.3, -0.25) is 0 Å². The number of halogens is 2. The molecule has 0 aromatic carbocycles. The van der Waals surface area contributed by atoms with Crippen LogP contribution in [0.4, 0.5) is 0 Å². The molecule has 0 amide bonds. The maximum atomic E-state index is 8.55. The lowest BCUT2D eigenvalue weighted by molar-refractivity contribution is -0.432. The highest BCUT2D eigenvalue weighted by Gasteiger charge is 1.44. The highest BCUT2D eigenvalue weighted by atomic mass is 79.9. The molecule has 0 aliphatic carbocycles. The minimum Gasteiger partial charge on any atom is -1.00 e. The highest BCUT2D eigenvalue weighted by Crippen LogP contribution is 2.03. The molecule has 0 heterocycles. The van der Waals surface area contributed by atoms with E-state index < -0.39 is 7.82 Å². The lowest BCUT2D eigenvalue weighted by Crippen LogP contribution is -3.00. The van der Waals surface area contributed by atoms with E-state index in [1.165, 1.54) is 0 Å². The van der Waals surface area contributed by atoms with Crippen LogP contribution >= 0.6 is 7.82 Å². The highest BCUT2D eigenvalue weighted by molar-refractivity contribution is 7.40. The van der Waals surface area contributed by atoms with E-state index in [0.717, 1.165) is 0 Å². The average Bonchev–Trinajstić information content (AvgIpc) is 0.722. The van der Waals surface area contributed by atoms with Crippen LogP contribution in [0.5, 0.6) is 0 Å². The van der Waals surface area contributed by atoms with Crippen LogP contribution in [0.2, 0.25) is 0 Å². The van der Waals surface area contributed by atoms with Crippen molar-refractivity contribution in [3.63, 3.8) is 0 Å². The normalized spacial score (nSPS) is 8.43. The SMILES string of the molecule is O=P([O-])([O-])[O-].[Br-].[Cl-]. The van der Waals surface area contributed by atoms with E-state index in [4.69, 9.17) is 19.2 Å². The van der Waals surface area contributed by atoms with Gasteiger partial charge in [0.25, 0.3) is 0 Å². The second-order valence-electron chi connectivity index (χ2n) is 0.447. The van der Waals surface area contributed by atoms with E-state index >= 15 is 0 Å². The Hall–Kier alpha value is 0.880. The molecule has 7 heavy (non-hydrogen) atoms. The first kappa shape index (κ1) is 15.7. The molecule has 0 aliphatic rings. The fraction of sp³-hybridized carbons (Fsp3) is 0. The summed E-state index contributed by atoms with van der Waals surface area (Å²) in [5, 5.41) is 0. The summed E-state index contributed by atoms with van der Waals surface area (Å²) in [6.07, 6.45) is 0. The van der Waals surface area contributed by atoms with Gasteiger partial charge in [-0.05, 0) is 0 Å². The molecule has 0 aromatic rings. The summed E-state index contributed by atoms with van der Waals surface area (Å²) in [7, 11) is -5.39. The lowest BCUT2D eigenvalue weighted by atomic mass is 15.8. The summed E-state index contributed by atoms with van der Waals surface area (Å²) in [4.78, 5) is 25.6. The maximum Gasteiger partial charge on any atom is -0.159 e. The zero-order valence-electron chi connectivity index (χ0n) is 2.84. The monoisotopic (exact) mass is 209 g/mol. The van der Waals surface area contributed by atoms with Crippen LogP contribution in [0.15, 0.2) is 0 Å². The van der Waals surface area contributed by atoms with Gasteiger partial charge in [0.15, 0.2) is 0 Å². The second kappa shape index (κ2) is 5.03. The first-order chi connectivity index (χ1) is 2.00. The van der Waals surface area contributed by atoms with Gasteiger partial charge in [-0.1, -0.05) is 0 Å². The van der Waals surface area contributed by atoms with E-state index in [0.29, 0.717) is 0 Å². The Morgan fingerprint density at radius 3 is 1.14 bits per heavy atom. The molecule has 0 spiro atoms. The van der Waals surface area contributed by atoms with E-state index in [1.54, 1.807) is 0 Å². The minimum absolute atomic E-state index is 0. The van der Waals surface area contributed by atoms with E-state index in [2.05, 4.69) is 0 Å². The predicted molar refractivity (Wildman–Crippen MR) is 7.61 cm³/mol. The second-order valence-corrected chi connectivity index (χ2v) is 1.34. The minimum atomic E-state index is -5.39. The Balaban J connectivity index is -0.0000000800. The molecule has 0 atom stereocenters. The third kappa shape index (κ3) is 212. The van der Waals surface area contributed by atoms with Crippen molar-refractivity contribution >= 4 is 7.82 Å². The van der Waals surface area contributed by atoms with Gasteiger partial charge in [-0.2, -0.15) is 7.82 Å². The van der Waals surface area contributed by atoms with Gasteiger partial charge in [0.05, 0.1) is 0 Å². The molecule has 0 saturated carbocycles. The van der Waals surface area contributed by atoms with Crippen LogP contribution in [0, 0.1) is 0 Å². The Kier molecular flexibility index (Phi) is 11.2. The van der Waals surface area contributed by atoms with Crippen LogP contribution in [0.3, 0.4) is 0 Å². The van der Waals surface area contributed by atoms with Gasteiger partial charge < -0.3 is 48.6 Å². The molecule has 7 heteroatoms. The largest absolute Gasteiger partial charge is 1.00 e. The van der Waals surface area contributed by atoms with Gasteiger partial charge in [0, 0.05) is 0 Å². The third-order valence-electron chi connectivity index (χ3n) is 0. The van der Waals surface area contributed by atoms with Gasteiger partial charge in [0.2, 0.25) is 0 Å². The van der Waals surface area contributed by atoms with Gasteiger partial charge in [0.1, 0.15) is 0 Å². The number of hydrogen-bond acceptors (Lipinski definition) is 4. The summed E-state index contributed by atoms with van der Waals surface area (Å²) in [6.45, 7) is 0. The molecule has 0 fully saturated rings. The zero-order chi connectivity index (χ0) is 4.50. The fourth-order valence-corrected chi connectivity index (χ4v) is 0. The summed E-state index contributed by atoms with van der Waals surface area (Å²) in [5.41, 5.74) is 0. The topological polar surface area (TPSA) is 86.2 Å². The zero-order valence-corrected chi connectivity index (χ0v) is 6.07. The van der Waals surface area contributed by atoms with Gasteiger partial charge in [-0.15, -0.1) is 0 Å². The molecule has 0 aromatic heterocycles. The van der Waals surface area contributed by atoms with Crippen LogP contribution in [-0.2, 0) is 4.57 Å². The molecule has 0 unspecified atom stereocenters. The smallest absolute Gasteiger partial charge is 0.159 e.